The van der Waals surface area contributed by atoms with Gasteiger partial charge in [0.05, 0.1) is 12.0 Å². The summed E-state index contributed by atoms with van der Waals surface area (Å²) in [7, 11) is 0. The lowest BCUT2D eigenvalue weighted by Crippen LogP contribution is -2.33. The predicted octanol–water partition coefficient (Wildman–Crippen LogP) is 3.44. The van der Waals surface area contributed by atoms with Crippen molar-refractivity contribution in [2.24, 2.45) is 0 Å². The molecule has 1 aliphatic heterocycles. The summed E-state index contributed by atoms with van der Waals surface area (Å²) in [6, 6.07) is 24.6. The molecule has 4 rings (SSSR count). The number of hydrogen-bond donors (Lipinski definition) is 2. The molecular formula is C24H23NO4. The summed E-state index contributed by atoms with van der Waals surface area (Å²) in [5.74, 6) is 0.693. The van der Waals surface area contributed by atoms with E-state index in [1.54, 1.807) is 18.2 Å². The highest BCUT2D eigenvalue weighted by Gasteiger charge is 2.23. The summed E-state index contributed by atoms with van der Waals surface area (Å²) in [6.07, 6.45) is -0.845. The van der Waals surface area contributed by atoms with Gasteiger partial charge in [-0.3, -0.25) is 4.79 Å². The first-order valence-electron chi connectivity index (χ1n) is 9.67. The van der Waals surface area contributed by atoms with Gasteiger partial charge in [-0.25, -0.2) is 0 Å². The smallest absolute Gasteiger partial charge is 0.232 e. The highest BCUT2D eigenvalue weighted by molar-refractivity contribution is 5.87. The van der Waals surface area contributed by atoms with Gasteiger partial charge in [0.25, 0.3) is 0 Å². The molecule has 1 amide bonds. The molecule has 3 aromatic rings. The van der Waals surface area contributed by atoms with Gasteiger partial charge in [-0.2, -0.15) is 0 Å². The Bertz CT molecular complexity index is 920. The lowest BCUT2D eigenvalue weighted by atomic mass is 9.90. The van der Waals surface area contributed by atoms with Gasteiger partial charge < -0.3 is 19.9 Å². The number of rotatable bonds is 6. The summed E-state index contributed by atoms with van der Waals surface area (Å²) in [6.45, 7) is 1.11. The molecule has 0 saturated carbocycles. The standard InChI is InChI=1S/C24H23NO4/c26-20(19-11-12-21-22(15-19)29-14-13-28-21)16-25-24(27)23(17-7-3-1-4-8-17)18-9-5-2-6-10-18/h1-12,15,20,23,26H,13-14,16H2,(H,25,27). The zero-order chi connectivity index (χ0) is 20.1. The first kappa shape index (κ1) is 19.0. The van der Waals surface area contributed by atoms with Crippen LogP contribution < -0.4 is 14.8 Å². The number of aliphatic hydroxyl groups is 1. The highest BCUT2D eigenvalue weighted by Crippen LogP contribution is 2.32. The number of benzene rings is 3. The molecule has 0 fully saturated rings. The fourth-order valence-corrected chi connectivity index (χ4v) is 3.47. The molecule has 5 heteroatoms. The minimum absolute atomic E-state index is 0.106. The molecule has 3 aromatic carbocycles. The van der Waals surface area contributed by atoms with Gasteiger partial charge in [0.1, 0.15) is 13.2 Å². The maximum atomic E-state index is 13.0. The zero-order valence-electron chi connectivity index (χ0n) is 16.0. The fourth-order valence-electron chi connectivity index (χ4n) is 3.47. The Morgan fingerprint density at radius 3 is 2.03 bits per heavy atom. The highest BCUT2D eigenvalue weighted by atomic mass is 16.6. The number of carbonyl (C=O) groups excluding carboxylic acids is 1. The van der Waals surface area contributed by atoms with Crippen molar-refractivity contribution >= 4 is 5.91 Å². The Morgan fingerprint density at radius 1 is 0.828 bits per heavy atom. The molecule has 1 heterocycles. The number of amides is 1. The molecule has 0 bridgehead atoms. The van der Waals surface area contributed by atoms with Crippen LogP contribution in [0.3, 0.4) is 0 Å². The van der Waals surface area contributed by atoms with Crippen molar-refractivity contribution in [2.75, 3.05) is 19.8 Å². The molecule has 1 atom stereocenters. The molecule has 1 unspecified atom stereocenters. The largest absolute Gasteiger partial charge is 0.486 e. The zero-order valence-corrected chi connectivity index (χ0v) is 16.0. The summed E-state index contributed by atoms with van der Waals surface area (Å²) in [5.41, 5.74) is 2.49. The average molecular weight is 389 g/mol. The van der Waals surface area contributed by atoms with Crippen LogP contribution in [0.2, 0.25) is 0 Å². The SMILES string of the molecule is O=C(NCC(O)c1ccc2c(c1)OCCO2)C(c1ccccc1)c1ccccc1. The minimum Gasteiger partial charge on any atom is -0.486 e. The molecule has 0 saturated heterocycles. The van der Waals surface area contributed by atoms with E-state index in [1.165, 1.54) is 0 Å². The van der Waals surface area contributed by atoms with Crippen molar-refractivity contribution in [3.8, 4) is 11.5 Å². The molecule has 148 valence electrons. The quantitative estimate of drug-likeness (QED) is 0.678. The Morgan fingerprint density at radius 2 is 1.41 bits per heavy atom. The fraction of sp³-hybridized carbons (Fsp3) is 0.208. The van der Waals surface area contributed by atoms with E-state index >= 15 is 0 Å². The van der Waals surface area contributed by atoms with Gasteiger partial charge in [0.15, 0.2) is 11.5 Å². The third-order valence-corrected chi connectivity index (χ3v) is 4.95. The van der Waals surface area contributed by atoms with E-state index < -0.39 is 12.0 Å². The van der Waals surface area contributed by atoms with Gasteiger partial charge >= 0.3 is 0 Å². The van der Waals surface area contributed by atoms with Gasteiger partial charge in [-0.05, 0) is 28.8 Å². The third-order valence-electron chi connectivity index (χ3n) is 4.95. The maximum absolute atomic E-state index is 13.0. The predicted molar refractivity (Wildman–Crippen MR) is 110 cm³/mol. The first-order chi connectivity index (χ1) is 14.2. The molecule has 1 aliphatic rings. The summed E-state index contributed by atoms with van der Waals surface area (Å²) in [4.78, 5) is 13.0. The van der Waals surface area contributed by atoms with Crippen molar-refractivity contribution < 1.29 is 19.4 Å². The summed E-state index contributed by atoms with van der Waals surface area (Å²) >= 11 is 0. The second-order valence-corrected chi connectivity index (χ2v) is 6.92. The van der Waals surface area contributed by atoms with Crippen LogP contribution in [0.1, 0.15) is 28.7 Å². The molecule has 0 radical (unpaired) electrons. The van der Waals surface area contributed by atoms with Crippen molar-refractivity contribution in [1.29, 1.82) is 0 Å². The maximum Gasteiger partial charge on any atom is 0.232 e. The van der Waals surface area contributed by atoms with Gasteiger partial charge in [0, 0.05) is 6.54 Å². The number of nitrogens with one attached hydrogen (secondary N) is 1. The number of ether oxygens (including phenoxy) is 2. The van der Waals surface area contributed by atoms with Crippen LogP contribution in [0, 0.1) is 0 Å². The Balaban J connectivity index is 1.48. The van der Waals surface area contributed by atoms with Crippen LogP contribution in [0.15, 0.2) is 78.9 Å². The van der Waals surface area contributed by atoms with Crippen molar-refractivity contribution in [3.05, 3.63) is 95.6 Å². The van der Waals surface area contributed by atoms with E-state index in [9.17, 15) is 9.90 Å². The number of aliphatic hydroxyl groups excluding tert-OH is 1. The molecule has 29 heavy (non-hydrogen) atoms. The molecular weight excluding hydrogens is 366 g/mol. The van der Waals surface area contributed by atoms with E-state index in [1.807, 2.05) is 60.7 Å². The lowest BCUT2D eigenvalue weighted by Gasteiger charge is -2.21. The summed E-state index contributed by atoms with van der Waals surface area (Å²) in [5, 5.41) is 13.5. The Hall–Kier alpha value is -3.31. The molecule has 0 aliphatic carbocycles. The van der Waals surface area contributed by atoms with Gasteiger partial charge in [-0.15, -0.1) is 0 Å². The van der Waals surface area contributed by atoms with Crippen molar-refractivity contribution in [1.82, 2.24) is 5.32 Å². The van der Waals surface area contributed by atoms with Crippen LogP contribution in [0.25, 0.3) is 0 Å². The van der Waals surface area contributed by atoms with Crippen molar-refractivity contribution in [2.45, 2.75) is 12.0 Å². The Kier molecular flexibility index (Phi) is 5.77. The number of carbonyl (C=O) groups is 1. The molecule has 2 N–H and O–H groups in total. The average Bonchev–Trinajstić information content (AvgIpc) is 2.79. The third kappa shape index (κ3) is 4.41. The van der Waals surface area contributed by atoms with Crippen LogP contribution in [0.5, 0.6) is 11.5 Å². The van der Waals surface area contributed by atoms with Crippen LogP contribution in [-0.2, 0) is 4.79 Å². The monoisotopic (exact) mass is 389 g/mol. The Labute approximate surface area is 169 Å². The first-order valence-corrected chi connectivity index (χ1v) is 9.67. The number of fused-ring (bicyclic) bond motifs is 1. The van der Waals surface area contributed by atoms with E-state index in [0.29, 0.717) is 30.3 Å². The van der Waals surface area contributed by atoms with Crippen LogP contribution in [0.4, 0.5) is 0 Å². The van der Waals surface area contributed by atoms with E-state index in [2.05, 4.69) is 5.32 Å². The minimum atomic E-state index is -0.845. The summed E-state index contributed by atoms with van der Waals surface area (Å²) < 4.78 is 11.1. The molecule has 0 spiro atoms. The normalized spacial score (nSPS) is 13.7. The number of hydrogen-bond acceptors (Lipinski definition) is 4. The van der Waals surface area contributed by atoms with E-state index in [-0.39, 0.29) is 12.5 Å². The van der Waals surface area contributed by atoms with E-state index in [4.69, 9.17) is 9.47 Å². The van der Waals surface area contributed by atoms with Gasteiger partial charge in [-0.1, -0.05) is 66.7 Å². The topological polar surface area (TPSA) is 67.8 Å². The van der Waals surface area contributed by atoms with Crippen LogP contribution in [-0.4, -0.2) is 30.8 Å². The van der Waals surface area contributed by atoms with Crippen LogP contribution >= 0.6 is 0 Å². The lowest BCUT2D eigenvalue weighted by molar-refractivity contribution is -0.122. The van der Waals surface area contributed by atoms with Gasteiger partial charge in [0.2, 0.25) is 5.91 Å². The second-order valence-electron chi connectivity index (χ2n) is 6.92. The molecule has 0 aromatic heterocycles. The van der Waals surface area contributed by atoms with Crippen molar-refractivity contribution in [3.63, 3.8) is 0 Å². The van der Waals surface area contributed by atoms with E-state index in [0.717, 1.165) is 11.1 Å². The molecule has 5 nitrogen and oxygen atoms in total. The second kappa shape index (κ2) is 8.80.